The van der Waals surface area contributed by atoms with Gasteiger partial charge < -0.3 is 23.8 Å². The van der Waals surface area contributed by atoms with E-state index in [2.05, 4.69) is 4.57 Å². The third-order valence-electron chi connectivity index (χ3n) is 7.49. The van der Waals surface area contributed by atoms with E-state index in [4.69, 9.17) is 9.47 Å². The number of benzene rings is 2. The van der Waals surface area contributed by atoms with Crippen molar-refractivity contribution in [3.63, 3.8) is 0 Å². The van der Waals surface area contributed by atoms with Gasteiger partial charge in [0.2, 0.25) is 5.91 Å². The first kappa shape index (κ1) is 28.2. The third kappa shape index (κ3) is 6.99. The lowest BCUT2D eigenvalue weighted by atomic mass is 9.94. The Hall–Kier alpha value is -3.81. The number of likely N-dealkylation sites (N-methyl/N-ethyl adjacent to an activating group) is 1. The van der Waals surface area contributed by atoms with Gasteiger partial charge in [-0.15, -0.1) is 0 Å². The molecule has 208 valence electrons. The first-order valence-corrected chi connectivity index (χ1v) is 13.6. The topological polar surface area (TPSA) is 64.0 Å². The monoisotopic (exact) mass is 535 g/mol. The van der Waals surface area contributed by atoms with Crippen LogP contribution in [0.15, 0.2) is 60.8 Å². The highest BCUT2D eigenvalue weighted by Crippen LogP contribution is 2.27. The van der Waals surface area contributed by atoms with Crippen molar-refractivity contribution in [3.8, 4) is 11.5 Å². The fraction of sp³-hybridized carbons (Fsp3) is 0.419. The average Bonchev–Trinajstić information content (AvgIpc) is 3.41. The molecule has 0 unspecified atom stereocenters. The summed E-state index contributed by atoms with van der Waals surface area (Å²) in [5, 5.41) is 0. The molecule has 1 fully saturated rings. The summed E-state index contributed by atoms with van der Waals surface area (Å²) in [5.41, 5.74) is 2.38. The van der Waals surface area contributed by atoms with Crippen LogP contribution in [-0.2, 0) is 17.9 Å². The summed E-state index contributed by atoms with van der Waals surface area (Å²) in [6.45, 7) is 3.29. The Labute approximate surface area is 230 Å². The van der Waals surface area contributed by atoms with Crippen LogP contribution in [0.3, 0.4) is 0 Å². The molecule has 4 rings (SSSR count). The number of nitrogens with zero attached hydrogens (tertiary/aromatic N) is 3. The largest absolute Gasteiger partial charge is 0.497 e. The van der Waals surface area contributed by atoms with Crippen LogP contribution in [0.5, 0.6) is 11.5 Å². The summed E-state index contributed by atoms with van der Waals surface area (Å²) < 4.78 is 26.2. The van der Waals surface area contributed by atoms with E-state index in [1.807, 2.05) is 30.2 Å². The number of hydrogen-bond donors (Lipinski definition) is 0. The molecule has 1 saturated carbocycles. The maximum Gasteiger partial charge on any atom is 0.258 e. The number of aromatic nitrogens is 1. The Balaban J connectivity index is 1.54. The smallest absolute Gasteiger partial charge is 0.258 e. The Kier molecular flexibility index (Phi) is 9.63. The summed E-state index contributed by atoms with van der Waals surface area (Å²) in [7, 11) is 3.07. The van der Waals surface area contributed by atoms with Gasteiger partial charge in [-0.1, -0.05) is 31.4 Å². The van der Waals surface area contributed by atoms with Crippen molar-refractivity contribution in [1.82, 2.24) is 14.4 Å². The fourth-order valence-electron chi connectivity index (χ4n) is 5.25. The van der Waals surface area contributed by atoms with E-state index in [1.165, 1.54) is 25.7 Å². The Morgan fingerprint density at radius 1 is 1.00 bits per heavy atom. The van der Waals surface area contributed by atoms with Crippen LogP contribution in [0, 0.1) is 5.82 Å². The first-order valence-electron chi connectivity index (χ1n) is 13.6. The van der Waals surface area contributed by atoms with Crippen molar-refractivity contribution >= 4 is 11.8 Å². The maximum atomic E-state index is 13.9. The lowest BCUT2D eigenvalue weighted by Crippen LogP contribution is -2.47. The van der Waals surface area contributed by atoms with Gasteiger partial charge in [0.15, 0.2) is 0 Å². The highest BCUT2D eigenvalue weighted by molar-refractivity contribution is 5.99. The molecule has 1 heterocycles. The molecule has 0 bridgehead atoms. The fourth-order valence-corrected chi connectivity index (χ4v) is 5.25. The van der Waals surface area contributed by atoms with Crippen molar-refractivity contribution in [1.29, 1.82) is 0 Å². The van der Waals surface area contributed by atoms with E-state index in [1.54, 1.807) is 42.3 Å². The predicted molar refractivity (Wildman–Crippen MR) is 148 cm³/mol. The van der Waals surface area contributed by atoms with Gasteiger partial charge in [0, 0.05) is 37.1 Å². The molecule has 0 aliphatic heterocycles. The van der Waals surface area contributed by atoms with Gasteiger partial charge >= 0.3 is 0 Å². The molecule has 0 spiro atoms. The summed E-state index contributed by atoms with van der Waals surface area (Å²) in [6.07, 6.45) is 7.25. The number of methoxy groups -OCH3 is 2. The van der Waals surface area contributed by atoms with Crippen LogP contribution in [0.25, 0.3) is 0 Å². The van der Waals surface area contributed by atoms with Crippen molar-refractivity contribution in [2.24, 2.45) is 0 Å². The number of carbonyl (C=O) groups excluding carboxylic acids is 2. The summed E-state index contributed by atoms with van der Waals surface area (Å²) in [5.74, 6) is 0.415. The number of hydrogen-bond acceptors (Lipinski definition) is 4. The van der Waals surface area contributed by atoms with Crippen molar-refractivity contribution in [2.75, 3.05) is 27.3 Å². The average molecular weight is 536 g/mol. The van der Waals surface area contributed by atoms with Gasteiger partial charge in [0.1, 0.15) is 23.9 Å². The Morgan fingerprint density at radius 3 is 2.41 bits per heavy atom. The second-order valence-electron chi connectivity index (χ2n) is 9.95. The van der Waals surface area contributed by atoms with E-state index in [0.29, 0.717) is 36.7 Å². The molecule has 1 aliphatic carbocycles. The van der Waals surface area contributed by atoms with E-state index in [0.717, 1.165) is 36.9 Å². The van der Waals surface area contributed by atoms with E-state index < -0.39 is 0 Å². The minimum absolute atomic E-state index is 0.0142. The normalized spacial score (nSPS) is 13.6. The molecular formula is C31H38FN3O4. The molecule has 8 heteroatoms. The molecule has 3 aromatic rings. The molecule has 2 amide bonds. The van der Waals surface area contributed by atoms with Gasteiger partial charge in [-0.25, -0.2) is 4.39 Å². The van der Waals surface area contributed by atoms with Crippen molar-refractivity contribution in [3.05, 3.63) is 83.4 Å². The Morgan fingerprint density at radius 2 is 1.74 bits per heavy atom. The molecule has 2 aromatic carbocycles. The van der Waals surface area contributed by atoms with E-state index in [9.17, 15) is 14.0 Å². The zero-order chi connectivity index (χ0) is 27.8. The molecule has 1 aliphatic rings. The lowest BCUT2D eigenvalue weighted by Gasteiger charge is -2.36. The molecule has 0 N–H and O–H groups in total. The van der Waals surface area contributed by atoms with Crippen LogP contribution in [0.1, 0.15) is 60.6 Å². The summed E-state index contributed by atoms with van der Waals surface area (Å²) in [4.78, 5) is 30.9. The lowest BCUT2D eigenvalue weighted by molar-refractivity contribution is -0.135. The third-order valence-corrected chi connectivity index (χ3v) is 7.49. The van der Waals surface area contributed by atoms with Gasteiger partial charge in [-0.05, 0) is 61.7 Å². The number of amides is 2. The van der Waals surface area contributed by atoms with Gasteiger partial charge in [0.05, 0.1) is 26.3 Å². The predicted octanol–water partition coefficient (Wildman–Crippen LogP) is 5.52. The minimum atomic E-state index is -0.261. The van der Waals surface area contributed by atoms with E-state index in [-0.39, 0.29) is 30.2 Å². The van der Waals surface area contributed by atoms with E-state index >= 15 is 0 Å². The van der Waals surface area contributed by atoms with Crippen LogP contribution in [-0.4, -0.2) is 59.5 Å². The molecular weight excluding hydrogens is 497 g/mol. The standard InChI is InChI=1S/C31H38FN3O4/c1-4-33(31(37)28-17-16-27(38-2)19-29(28)39-3)22-30(36)35(25-9-6-5-7-10-25)21-26-11-8-18-34(26)20-23-12-14-24(32)15-13-23/h8,11-19,25H,4-7,9-10,20-22H2,1-3H3. The molecule has 39 heavy (non-hydrogen) atoms. The second kappa shape index (κ2) is 13.3. The molecule has 0 atom stereocenters. The van der Waals surface area contributed by atoms with Crippen LogP contribution >= 0.6 is 0 Å². The molecule has 0 radical (unpaired) electrons. The maximum absolute atomic E-state index is 13.9. The van der Waals surface area contributed by atoms with Gasteiger partial charge in [-0.2, -0.15) is 0 Å². The summed E-state index contributed by atoms with van der Waals surface area (Å²) in [6, 6.07) is 15.7. The zero-order valence-corrected chi connectivity index (χ0v) is 23.1. The van der Waals surface area contributed by atoms with Crippen LogP contribution in [0.4, 0.5) is 4.39 Å². The first-order chi connectivity index (χ1) is 18.9. The number of rotatable bonds is 11. The second-order valence-corrected chi connectivity index (χ2v) is 9.95. The zero-order valence-electron chi connectivity index (χ0n) is 23.1. The van der Waals surface area contributed by atoms with Gasteiger partial charge in [-0.3, -0.25) is 9.59 Å². The molecule has 7 nitrogen and oxygen atoms in total. The molecule has 0 saturated heterocycles. The Bertz CT molecular complexity index is 1250. The summed E-state index contributed by atoms with van der Waals surface area (Å²) >= 11 is 0. The van der Waals surface area contributed by atoms with Crippen LogP contribution in [0.2, 0.25) is 0 Å². The number of ether oxygens (including phenoxy) is 2. The SMILES string of the molecule is CCN(CC(=O)N(Cc1cccn1Cc1ccc(F)cc1)C1CCCCC1)C(=O)c1ccc(OC)cc1OC. The van der Waals surface area contributed by atoms with Gasteiger partial charge in [0.25, 0.3) is 5.91 Å². The van der Waals surface area contributed by atoms with Crippen molar-refractivity contribution in [2.45, 2.75) is 58.2 Å². The van der Waals surface area contributed by atoms with Crippen LogP contribution < -0.4 is 9.47 Å². The minimum Gasteiger partial charge on any atom is -0.497 e. The quantitative estimate of drug-likeness (QED) is 0.325. The number of carbonyl (C=O) groups is 2. The highest BCUT2D eigenvalue weighted by atomic mass is 19.1. The number of halogens is 1. The highest BCUT2D eigenvalue weighted by Gasteiger charge is 2.29. The molecule has 1 aromatic heterocycles. The van der Waals surface area contributed by atoms with Crippen molar-refractivity contribution < 1.29 is 23.5 Å².